The van der Waals surface area contributed by atoms with E-state index in [1.54, 1.807) is 11.8 Å². The van der Waals surface area contributed by atoms with Crippen molar-refractivity contribution in [2.45, 2.75) is 44.8 Å². The Hall–Kier alpha value is -3.21. The van der Waals surface area contributed by atoms with Crippen molar-refractivity contribution in [3.05, 3.63) is 84.1 Å². The quantitative estimate of drug-likeness (QED) is 0.779. The molecule has 0 spiro atoms. The molecule has 1 aliphatic heterocycles. The van der Waals surface area contributed by atoms with Crippen molar-refractivity contribution in [2.24, 2.45) is 10.9 Å². The molecule has 0 saturated heterocycles. The monoisotopic (exact) mass is 401 g/mol. The number of benzene rings is 1. The van der Waals surface area contributed by atoms with Crippen LogP contribution in [0.2, 0.25) is 0 Å². The third kappa shape index (κ3) is 4.06. The molecule has 0 saturated carbocycles. The highest BCUT2D eigenvalue weighted by Gasteiger charge is 2.38. The minimum absolute atomic E-state index is 0.0990. The van der Waals surface area contributed by atoms with Crippen LogP contribution in [0.4, 0.5) is 0 Å². The summed E-state index contributed by atoms with van der Waals surface area (Å²) in [5, 5.41) is 3.00. The zero-order valence-corrected chi connectivity index (χ0v) is 17.4. The number of nitrogens with zero attached hydrogens (tertiary/aromatic N) is 2. The largest absolute Gasteiger partial charge is 0.322 e. The van der Waals surface area contributed by atoms with Gasteiger partial charge in [0.2, 0.25) is 5.91 Å². The summed E-state index contributed by atoms with van der Waals surface area (Å²) in [6.07, 6.45) is 15.9. The van der Waals surface area contributed by atoms with Gasteiger partial charge in [-0.05, 0) is 30.4 Å². The molecule has 3 aliphatic rings. The number of hydrogen-bond donors (Lipinski definition) is 1. The number of rotatable bonds is 4. The predicted octanol–water partition coefficient (Wildman–Crippen LogP) is 3.88. The van der Waals surface area contributed by atoms with Crippen LogP contribution < -0.4 is 5.32 Å². The third-order valence-electron chi connectivity index (χ3n) is 5.73. The molecule has 5 heteroatoms. The Morgan fingerprint density at radius 2 is 1.93 bits per heavy atom. The Kier molecular flexibility index (Phi) is 5.79. The summed E-state index contributed by atoms with van der Waals surface area (Å²) in [7, 11) is 0. The lowest BCUT2D eigenvalue weighted by molar-refractivity contribution is -0.130. The van der Waals surface area contributed by atoms with Crippen LogP contribution >= 0.6 is 0 Å². The molecule has 0 aromatic heterocycles. The Balaban J connectivity index is 1.82. The molecule has 2 amide bonds. The molecule has 1 aromatic rings. The van der Waals surface area contributed by atoms with E-state index in [2.05, 4.69) is 30.5 Å². The number of aliphatic imine (C=N–C) groups is 1. The minimum Gasteiger partial charge on any atom is -0.322 e. The average Bonchev–Trinajstić information content (AvgIpc) is 2.96. The van der Waals surface area contributed by atoms with E-state index in [0.29, 0.717) is 11.6 Å². The molecule has 0 fully saturated rings. The summed E-state index contributed by atoms with van der Waals surface area (Å²) >= 11 is 0. The van der Waals surface area contributed by atoms with Crippen LogP contribution in [-0.4, -0.2) is 34.5 Å². The fourth-order valence-electron chi connectivity index (χ4n) is 4.19. The fraction of sp³-hybridized carbons (Fsp3) is 0.320. The van der Waals surface area contributed by atoms with Gasteiger partial charge in [-0.2, -0.15) is 0 Å². The van der Waals surface area contributed by atoms with Crippen molar-refractivity contribution in [3.8, 4) is 0 Å². The number of fused-ring (bicyclic) bond motifs is 1. The third-order valence-corrected chi connectivity index (χ3v) is 5.73. The molecular weight excluding hydrogens is 374 g/mol. The zero-order valence-electron chi connectivity index (χ0n) is 17.4. The number of nitrogens with one attached hydrogen (secondary N) is 1. The molecule has 4 unspecified atom stereocenters. The average molecular weight is 402 g/mol. The van der Waals surface area contributed by atoms with Gasteiger partial charge in [0.25, 0.3) is 5.91 Å². The molecule has 1 N–H and O–H groups in total. The van der Waals surface area contributed by atoms with E-state index in [-0.39, 0.29) is 23.9 Å². The molecule has 154 valence electrons. The van der Waals surface area contributed by atoms with Crippen LogP contribution in [-0.2, 0) is 9.59 Å². The number of carbonyl (C=O) groups is 2. The molecule has 30 heavy (non-hydrogen) atoms. The van der Waals surface area contributed by atoms with Crippen molar-refractivity contribution in [1.29, 1.82) is 0 Å². The standard InChI is InChI=1S/C25H27N3O2/c1-17-9-8-12-20(16-15-17)28(18(2)29)24(19-10-4-3-5-11-19)23-25(30)27-22-14-7-6-13-21(22)26-23/h3-8,10-12,14-17,20-21,24H,9,13H2,1-2H3,(H,27,30). The first-order valence-electron chi connectivity index (χ1n) is 10.5. The van der Waals surface area contributed by atoms with Crippen LogP contribution in [0, 0.1) is 5.92 Å². The van der Waals surface area contributed by atoms with Crippen LogP contribution in [0.3, 0.4) is 0 Å². The van der Waals surface area contributed by atoms with Gasteiger partial charge >= 0.3 is 0 Å². The summed E-state index contributed by atoms with van der Waals surface area (Å²) in [5.74, 6) is 0.0632. The molecule has 4 atom stereocenters. The number of amides is 2. The van der Waals surface area contributed by atoms with Crippen molar-refractivity contribution < 1.29 is 9.59 Å². The van der Waals surface area contributed by atoms with Crippen molar-refractivity contribution in [3.63, 3.8) is 0 Å². The van der Waals surface area contributed by atoms with Crippen LogP contribution in [0.1, 0.15) is 38.3 Å². The van der Waals surface area contributed by atoms with E-state index in [1.165, 1.54) is 0 Å². The number of allylic oxidation sites excluding steroid dienone is 4. The molecule has 2 aliphatic carbocycles. The van der Waals surface area contributed by atoms with E-state index in [0.717, 1.165) is 24.1 Å². The SMILES string of the molecule is CC(=O)N(C1C=CCC(C)C=C1)C(C1=NC2CC=CC=C2NC1=O)c1ccccc1. The number of hydrogen-bond acceptors (Lipinski definition) is 3. The molecule has 1 aromatic carbocycles. The molecule has 0 bridgehead atoms. The Morgan fingerprint density at radius 1 is 1.13 bits per heavy atom. The van der Waals surface area contributed by atoms with Crippen LogP contribution in [0.5, 0.6) is 0 Å². The summed E-state index contributed by atoms with van der Waals surface area (Å²) in [5.41, 5.74) is 2.07. The first-order chi connectivity index (χ1) is 14.5. The van der Waals surface area contributed by atoms with E-state index in [1.807, 2.05) is 54.6 Å². The molecule has 0 radical (unpaired) electrons. The van der Waals surface area contributed by atoms with Gasteiger partial charge in [-0.1, -0.05) is 73.7 Å². The van der Waals surface area contributed by atoms with Crippen molar-refractivity contribution >= 4 is 17.5 Å². The molecule has 5 nitrogen and oxygen atoms in total. The van der Waals surface area contributed by atoms with Gasteiger partial charge in [0.05, 0.1) is 12.1 Å². The maximum Gasteiger partial charge on any atom is 0.271 e. The van der Waals surface area contributed by atoms with Crippen LogP contribution in [0.25, 0.3) is 0 Å². The highest BCUT2D eigenvalue weighted by Crippen LogP contribution is 2.31. The topological polar surface area (TPSA) is 61.8 Å². The summed E-state index contributed by atoms with van der Waals surface area (Å²) < 4.78 is 0. The molecule has 4 rings (SSSR count). The zero-order chi connectivity index (χ0) is 21.1. The maximum atomic E-state index is 13.1. The second kappa shape index (κ2) is 8.66. The second-order valence-corrected chi connectivity index (χ2v) is 8.03. The second-order valence-electron chi connectivity index (χ2n) is 8.03. The van der Waals surface area contributed by atoms with Gasteiger partial charge < -0.3 is 10.2 Å². The minimum atomic E-state index is -0.566. The fourth-order valence-corrected chi connectivity index (χ4v) is 4.19. The predicted molar refractivity (Wildman–Crippen MR) is 119 cm³/mol. The summed E-state index contributed by atoms with van der Waals surface area (Å²) in [4.78, 5) is 32.7. The Morgan fingerprint density at radius 3 is 2.70 bits per heavy atom. The molecular formula is C25H27N3O2. The van der Waals surface area contributed by atoms with E-state index in [4.69, 9.17) is 4.99 Å². The van der Waals surface area contributed by atoms with Gasteiger partial charge in [0.1, 0.15) is 11.8 Å². The van der Waals surface area contributed by atoms with Gasteiger partial charge in [-0.15, -0.1) is 0 Å². The van der Waals surface area contributed by atoms with Gasteiger partial charge in [0, 0.05) is 12.6 Å². The lowest BCUT2D eigenvalue weighted by Crippen LogP contribution is -2.50. The van der Waals surface area contributed by atoms with E-state index < -0.39 is 6.04 Å². The summed E-state index contributed by atoms with van der Waals surface area (Å²) in [6, 6.07) is 8.77. The van der Waals surface area contributed by atoms with Crippen molar-refractivity contribution in [2.75, 3.05) is 0 Å². The highest BCUT2D eigenvalue weighted by molar-refractivity contribution is 6.42. The lowest BCUT2D eigenvalue weighted by Gasteiger charge is -2.38. The first-order valence-corrected chi connectivity index (χ1v) is 10.5. The number of carbonyl (C=O) groups excluding carboxylic acids is 2. The van der Waals surface area contributed by atoms with E-state index >= 15 is 0 Å². The normalized spacial score (nSPS) is 26.1. The Labute approximate surface area is 177 Å². The van der Waals surface area contributed by atoms with Crippen LogP contribution in [0.15, 0.2) is 83.6 Å². The first kappa shape index (κ1) is 20.1. The molecule has 1 heterocycles. The maximum absolute atomic E-state index is 13.1. The smallest absolute Gasteiger partial charge is 0.271 e. The lowest BCUT2D eigenvalue weighted by atomic mass is 9.94. The van der Waals surface area contributed by atoms with Crippen molar-refractivity contribution in [1.82, 2.24) is 10.2 Å². The summed E-state index contributed by atoms with van der Waals surface area (Å²) in [6.45, 7) is 3.71. The van der Waals surface area contributed by atoms with E-state index in [9.17, 15) is 9.59 Å². The highest BCUT2D eigenvalue weighted by atomic mass is 16.2. The Bertz CT molecular complexity index is 971. The van der Waals surface area contributed by atoms with Gasteiger partial charge in [-0.25, -0.2) is 0 Å². The van der Waals surface area contributed by atoms with Gasteiger partial charge in [-0.3, -0.25) is 14.6 Å². The van der Waals surface area contributed by atoms with Gasteiger partial charge in [0.15, 0.2) is 0 Å².